The summed E-state index contributed by atoms with van der Waals surface area (Å²) >= 11 is 0. The fourth-order valence-electron chi connectivity index (χ4n) is 1.61. The highest BCUT2D eigenvalue weighted by Gasteiger charge is 2.27. The summed E-state index contributed by atoms with van der Waals surface area (Å²) < 4.78 is 27.9. The van der Waals surface area contributed by atoms with Crippen LogP contribution in [-0.2, 0) is 4.74 Å². The number of alkyl halides is 2. The first-order valence-electron chi connectivity index (χ1n) is 4.02. The molecule has 1 saturated carbocycles. The van der Waals surface area contributed by atoms with E-state index in [1.165, 1.54) is 0 Å². The molecule has 1 fully saturated rings. The summed E-state index contributed by atoms with van der Waals surface area (Å²) in [6, 6.07) is -0.199. The topological polar surface area (TPSA) is 61.3 Å². The van der Waals surface area contributed by atoms with E-state index in [2.05, 4.69) is 4.74 Å². The van der Waals surface area contributed by atoms with Gasteiger partial charge in [0, 0.05) is 12.1 Å². The van der Waals surface area contributed by atoms with Crippen LogP contribution in [0, 0.1) is 0 Å². The van der Waals surface area contributed by atoms with Crippen LogP contribution >= 0.6 is 0 Å². The highest BCUT2D eigenvalue weighted by molar-refractivity contribution is 4.83. The highest BCUT2D eigenvalue weighted by atomic mass is 19.3. The molecule has 0 spiro atoms. The summed E-state index contributed by atoms with van der Waals surface area (Å²) in [4.78, 5) is 0. The molecule has 0 aromatic heterocycles. The van der Waals surface area contributed by atoms with E-state index in [0.717, 1.165) is 0 Å². The zero-order valence-corrected chi connectivity index (χ0v) is 6.75. The van der Waals surface area contributed by atoms with Gasteiger partial charge in [-0.1, -0.05) is 0 Å². The average Bonchev–Trinajstić information content (AvgIpc) is 1.81. The smallest absolute Gasteiger partial charge is 0.328 e. The van der Waals surface area contributed by atoms with Gasteiger partial charge >= 0.3 is 6.61 Å². The largest absolute Gasteiger partial charge is 0.345 e. The van der Waals surface area contributed by atoms with Crippen LogP contribution in [0.4, 0.5) is 8.78 Å². The summed E-state index contributed by atoms with van der Waals surface area (Å²) in [7, 11) is 0. The van der Waals surface area contributed by atoms with E-state index in [1.54, 1.807) is 0 Å². The number of hydrogen-bond acceptors (Lipinski definition) is 3. The second-order valence-electron chi connectivity index (χ2n) is 3.25. The molecule has 5 heteroatoms. The Balaban J connectivity index is 2.34. The third kappa shape index (κ3) is 3.00. The Morgan fingerprint density at radius 1 is 1.08 bits per heavy atom. The molecular formula is C7H14F2N2O. The van der Waals surface area contributed by atoms with Crippen molar-refractivity contribution in [2.24, 2.45) is 11.5 Å². The zero-order chi connectivity index (χ0) is 9.14. The lowest BCUT2D eigenvalue weighted by Gasteiger charge is -2.30. The maximum atomic E-state index is 11.8. The van der Waals surface area contributed by atoms with Crippen molar-refractivity contribution in [3.8, 4) is 0 Å². The van der Waals surface area contributed by atoms with Crippen molar-refractivity contribution in [2.45, 2.75) is 44.1 Å². The predicted molar refractivity (Wildman–Crippen MR) is 40.7 cm³/mol. The molecule has 1 aliphatic rings. The molecule has 0 radical (unpaired) electrons. The van der Waals surface area contributed by atoms with E-state index in [1.807, 2.05) is 0 Å². The minimum Gasteiger partial charge on any atom is -0.328 e. The number of rotatable bonds is 2. The molecule has 0 heterocycles. The third-order valence-corrected chi connectivity index (χ3v) is 2.03. The first-order valence-corrected chi connectivity index (χ1v) is 4.02. The molecule has 3 nitrogen and oxygen atoms in total. The normalized spacial score (nSPS) is 37.2. The molecule has 0 saturated heterocycles. The summed E-state index contributed by atoms with van der Waals surface area (Å²) in [5, 5.41) is 0. The van der Waals surface area contributed by atoms with Gasteiger partial charge in [0.15, 0.2) is 0 Å². The monoisotopic (exact) mass is 180 g/mol. The van der Waals surface area contributed by atoms with Crippen molar-refractivity contribution >= 4 is 0 Å². The zero-order valence-electron chi connectivity index (χ0n) is 6.75. The van der Waals surface area contributed by atoms with E-state index in [9.17, 15) is 8.78 Å². The number of nitrogens with two attached hydrogens (primary N) is 2. The molecule has 1 rings (SSSR count). The van der Waals surface area contributed by atoms with Crippen LogP contribution in [0.15, 0.2) is 0 Å². The highest BCUT2D eigenvalue weighted by Crippen LogP contribution is 2.20. The number of ether oxygens (including phenoxy) is 1. The first-order chi connectivity index (χ1) is 5.58. The third-order valence-electron chi connectivity index (χ3n) is 2.03. The lowest BCUT2D eigenvalue weighted by molar-refractivity contribution is -0.171. The summed E-state index contributed by atoms with van der Waals surface area (Å²) in [5.74, 6) is 0. The fraction of sp³-hybridized carbons (Fsp3) is 1.00. The van der Waals surface area contributed by atoms with Crippen LogP contribution in [0.3, 0.4) is 0 Å². The van der Waals surface area contributed by atoms with Crippen LogP contribution in [-0.4, -0.2) is 24.8 Å². The van der Waals surface area contributed by atoms with E-state index >= 15 is 0 Å². The summed E-state index contributed by atoms with van der Waals surface area (Å²) in [5.41, 5.74) is 11.2. The first kappa shape index (κ1) is 9.83. The predicted octanol–water partition coefficient (Wildman–Crippen LogP) is 0.433. The Labute approximate surface area is 70.0 Å². The molecule has 0 bridgehead atoms. The van der Waals surface area contributed by atoms with Gasteiger partial charge in [-0.05, 0) is 19.3 Å². The minimum atomic E-state index is -2.72. The molecule has 2 atom stereocenters. The van der Waals surface area contributed by atoms with Crippen molar-refractivity contribution in [2.75, 3.05) is 0 Å². The number of halogens is 2. The molecule has 1 aliphatic carbocycles. The Morgan fingerprint density at radius 2 is 1.58 bits per heavy atom. The molecule has 2 unspecified atom stereocenters. The van der Waals surface area contributed by atoms with Gasteiger partial charge in [-0.2, -0.15) is 8.78 Å². The molecule has 4 N–H and O–H groups in total. The van der Waals surface area contributed by atoms with Gasteiger partial charge in [0.25, 0.3) is 0 Å². The summed E-state index contributed by atoms with van der Waals surface area (Å²) in [6.45, 7) is -2.72. The molecule has 0 aliphatic heterocycles. The van der Waals surface area contributed by atoms with Crippen LogP contribution in [0.5, 0.6) is 0 Å². The molecule has 0 aromatic carbocycles. The maximum Gasteiger partial charge on any atom is 0.345 e. The molecule has 12 heavy (non-hydrogen) atoms. The van der Waals surface area contributed by atoms with Gasteiger partial charge in [-0.15, -0.1) is 0 Å². The molecular weight excluding hydrogens is 166 g/mol. The summed E-state index contributed by atoms with van der Waals surface area (Å²) in [6.07, 6.45) is 1.20. The Kier molecular flexibility index (Phi) is 3.37. The minimum absolute atomic E-state index is 0.0995. The van der Waals surface area contributed by atoms with Crippen LogP contribution < -0.4 is 11.5 Å². The molecule has 0 aromatic rings. The van der Waals surface area contributed by atoms with Crippen molar-refractivity contribution < 1.29 is 13.5 Å². The van der Waals surface area contributed by atoms with Gasteiger partial charge in [0.2, 0.25) is 0 Å². The average molecular weight is 180 g/mol. The van der Waals surface area contributed by atoms with Gasteiger partial charge < -0.3 is 16.2 Å². The van der Waals surface area contributed by atoms with Gasteiger partial charge in [0.1, 0.15) is 0 Å². The lowest BCUT2D eigenvalue weighted by atomic mass is 9.90. The Hall–Kier alpha value is -0.260. The van der Waals surface area contributed by atoms with Crippen molar-refractivity contribution in [1.82, 2.24) is 0 Å². The van der Waals surface area contributed by atoms with Crippen LogP contribution in [0.1, 0.15) is 19.3 Å². The van der Waals surface area contributed by atoms with Crippen LogP contribution in [0.2, 0.25) is 0 Å². The van der Waals surface area contributed by atoms with E-state index in [-0.39, 0.29) is 12.1 Å². The second-order valence-corrected chi connectivity index (χ2v) is 3.25. The van der Waals surface area contributed by atoms with Crippen molar-refractivity contribution in [3.63, 3.8) is 0 Å². The van der Waals surface area contributed by atoms with Gasteiger partial charge in [0.05, 0.1) is 6.10 Å². The Bertz CT molecular complexity index is 133. The quantitative estimate of drug-likeness (QED) is 0.648. The standard InChI is InChI=1S/C7H14F2N2O/c8-7(9)12-6-2-4(10)1-5(11)3-6/h4-7H,1-3,10-11H2. The van der Waals surface area contributed by atoms with Gasteiger partial charge in [-0.25, -0.2) is 0 Å². The van der Waals surface area contributed by atoms with Gasteiger partial charge in [-0.3, -0.25) is 0 Å². The Morgan fingerprint density at radius 3 is 2.00 bits per heavy atom. The van der Waals surface area contributed by atoms with E-state index in [4.69, 9.17) is 11.5 Å². The molecule has 72 valence electrons. The SMILES string of the molecule is NC1CC(N)CC(OC(F)F)C1. The van der Waals surface area contributed by atoms with E-state index < -0.39 is 12.7 Å². The van der Waals surface area contributed by atoms with Crippen molar-refractivity contribution in [3.05, 3.63) is 0 Å². The fourth-order valence-corrected chi connectivity index (χ4v) is 1.61. The van der Waals surface area contributed by atoms with Crippen LogP contribution in [0.25, 0.3) is 0 Å². The lowest BCUT2D eigenvalue weighted by Crippen LogP contribution is -2.43. The maximum absolute atomic E-state index is 11.8. The van der Waals surface area contributed by atoms with E-state index in [0.29, 0.717) is 19.3 Å². The molecule has 0 amide bonds. The van der Waals surface area contributed by atoms with Crippen molar-refractivity contribution in [1.29, 1.82) is 0 Å². The second kappa shape index (κ2) is 4.11. The number of hydrogen-bond donors (Lipinski definition) is 2.